The molecule has 1 aromatic rings. The standard InChI is InChI=1S/C16H24N2O3/c1-16(9-5-3-7-13(16)19)15(20)21-12-11-18(2)14-8-4-6-10-17-14/h4,6,8,10,13,19H,3,5,7,9,11-12H2,1-2H3/t13-,16?/m0/s1. The van der Waals surface area contributed by atoms with E-state index in [1.54, 1.807) is 6.20 Å². The summed E-state index contributed by atoms with van der Waals surface area (Å²) >= 11 is 0. The lowest BCUT2D eigenvalue weighted by Gasteiger charge is -2.36. The van der Waals surface area contributed by atoms with Crippen LogP contribution in [0, 0.1) is 5.41 Å². The van der Waals surface area contributed by atoms with Crippen molar-refractivity contribution in [3.8, 4) is 0 Å². The smallest absolute Gasteiger partial charge is 0.314 e. The van der Waals surface area contributed by atoms with Crippen molar-refractivity contribution in [2.24, 2.45) is 5.41 Å². The van der Waals surface area contributed by atoms with Crippen LogP contribution >= 0.6 is 0 Å². The first-order valence-corrected chi connectivity index (χ1v) is 7.51. The minimum absolute atomic E-state index is 0.288. The summed E-state index contributed by atoms with van der Waals surface area (Å²) in [6, 6.07) is 5.70. The number of aliphatic hydroxyl groups excluding tert-OH is 1. The van der Waals surface area contributed by atoms with E-state index < -0.39 is 11.5 Å². The van der Waals surface area contributed by atoms with Gasteiger partial charge in [-0.25, -0.2) is 4.98 Å². The van der Waals surface area contributed by atoms with Gasteiger partial charge < -0.3 is 14.7 Å². The van der Waals surface area contributed by atoms with E-state index in [-0.39, 0.29) is 5.97 Å². The van der Waals surface area contributed by atoms with Crippen LogP contribution in [0.15, 0.2) is 24.4 Å². The Morgan fingerprint density at radius 2 is 2.33 bits per heavy atom. The molecule has 2 atom stereocenters. The van der Waals surface area contributed by atoms with Crippen LogP contribution in [0.1, 0.15) is 32.6 Å². The molecular weight excluding hydrogens is 268 g/mol. The zero-order valence-corrected chi connectivity index (χ0v) is 12.8. The molecular formula is C16H24N2O3. The normalized spacial score (nSPS) is 25.4. The number of aliphatic hydroxyl groups is 1. The molecule has 0 bridgehead atoms. The summed E-state index contributed by atoms with van der Waals surface area (Å²) in [5, 5.41) is 10.1. The topological polar surface area (TPSA) is 62.7 Å². The highest BCUT2D eigenvalue weighted by molar-refractivity contribution is 5.77. The van der Waals surface area contributed by atoms with Gasteiger partial charge in [0.2, 0.25) is 0 Å². The van der Waals surface area contributed by atoms with Crippen molar-refractivity contribution in [2.45, 2.75) is 38.7 Å². The number of carbonyl (C=O) groups excluding carboxylic acids is 1. The lowest BCUT2D eigenvalue weighted by Crippen LogP contribution is -2.44. The van der Waals surface area contributed by atoms with Crippen LogP contribution in [-0.2, 0) is 9.53 Å². The van der Waals surface area contributed by atoms with Gasteiger partial charge in [0.25, 0.3) is 0 Å². The van der Waals surface area contributed by atoms with Gasteiger partial charge in [0, 0.05) is 13.2 Å². The quantitative estimate of drug-likeness (QED) is 0.841. The number of esters is 1. The molecule has 1 unspecified atom stereocenters. The Hall–Kier alpha value is -1.62. The van der Waals surface area contributed by atoms with Crippen molar-refractivity contribution in [2.75, 3.05) is 25.1 Å². The van der Waals surface area contributed by atoms with Crippen molar-refractivity contribution in [3.63, 3.8) is 0 Å². The lowest BCUT2D eigenvalue weighted by molar-refractivity contribution is -0.164. The molecule has 0 aliphatic heterocycles. The number of anilines is 1. The maximum absolute atomic E-state index is 12.2. The zero-order chi connectivity index (χ0) is 15.3. The van der Waals surface area contributed by atoms with E-state index in [9.17, 15) is 9.90 Å². The average Bonchev–Trinajstić information content (AvgIpc) is 2.51. The maximum Gasteiger partial charge on any atom is 0.314 e. The van der Waals surface area contributed by atoms with Crippen LogP contribution in [-0.4, -0.2) is 42.4 Å². The summed E-state index contributed by atoms with van der Waals surface area (Å²) in [4.78, 5) is 18.4. The van der Waals surface area contributed by atoms with Crippen LogP contribution in [0.5, 0.6) is 0 Å². The van der Waals surface area contributed by atoms with E-state index in [4.69, 9.17) is 4.74 Å². The van der Waals surface area contributed by atoms with Crippen molar-refractivity contribution in [1.82, 2.24) is 4.98 Å². The van der Waals surface area contributed by atoms with Crippen LogP contribution in [0.25, 0.3) is 0 Å². The molecule has 1 heterocycles. The first kappa shape index (κ1) is 15.8. The van der Waals surface area contributed by atoms with E-state index in [0.717, 1.165) is 18.7 Å². The second kappa shape index (κ2) is 6.89. The molecule has 5 heteroatoms. The lowest BCUT2D eigenvalue weighted by atomic mass is 9.73. The third kappa shape index (κ3) is 3.73. The van der Waals surface area contributed by atoms with Gasteiger partial charge in [-0.15, -0.1) is 0 Å². The Kier molecular flexibility index (Phi) is 5.17. The summed E-state index contributed by atoms with van der Waals surface area (Å²) in [7, 11) is 1.91. The minimum atomic E-state index is -0.748. The minimum Gasteiger partial charge on any atom is -0.463 e. The second-order valence-corrected chi connectivity index (χ2v) is 5.92. The van der Waals surface area contributed by atoms with E-state index >= 15 is 0 Å². The monoisotopic (exact) mass is 292 g/mol. The summed E-state index contributed by atoms with van der Waals surface area (Å²) < 4.78 is 5.38. The molecule has 0 amide bonds. The van der Waals surface area contributed by atoms with Gasteiger partial charge in [0.05, 0.1) is 18.1 Å². The highest BCUT2D eigenvalue weighted by atomic mass is 16.5. The third-order valence-electron chi connectivity index (χ3n) is 4.33. The molecule has 2 rings (SSSR count). The number of hydrogen-bond acceptors (Lipinski definition) is 5. The van der Waals surface area contributed by atoms with Gasteiger partial charge >= 0.3 is 5.97 Å². The largest absolute Gasteiger partial charge is 0.463 e. The van der Waals surface area contributed by atoms with Gasteiger partial charge in [-0.2, -0.15) is 0 Å². The van der Waals surface area contributed by atoms with Crippen LogP contribution in [0.3, 0.4) is 0 Å². The fourth-order valence-electron chi connectivity index (χ4n) is 2.69. The number of likely N-dealkylation sites (N-methyl/N-ethyl adjacent to an activating group) is 1. The maximum atomic E-state index is 12.2. The summed E-state index contributed by atoms with van der Waals surface area (Å²) in [5.74, 6) is 0.557. The number of hydrogen-bond donors (Lipinski definition) is 1. The molecule has 1 aliphatic carbocycles. The second-order valence-electron chi connectivity index (χ2n) is 5.92. The highest BCUT2D eigenvalue weighted by Crippen LogP contribution is 2.37. The fraction of sp³-hybridized carbons (Fsp3) is 0.625. The van der Waals surface area contributed by atoms with E-state index in [1.807, 2.05) is 37.1 Å². The molecule has 1 aromatic heterocycles. The Labute approximate surface area is 125 Å². The van der Waals surface area contributed by atoms with E-state index in [0.29, 0.717) is 26.0 Å². The van der Waals surface area contributed by atoms with Crippen LogP contribution < -0.4 is 4.90 Å². The molecule has 5 nitrogen and oxygen atoms in total. The molecule has 21 heavy (non-hydrogen) atoms. The summed E-state index contributed by atoms with van der Waals surface area (Å²) in [5.41, 5.74) is -0.748. The Bertz CT molecular complexity index is 466. The predicted molar refractivity (Wildman–Crippen MR) is 81.0 cm³/mol. The zero-order valence-electron chi connectivity index (χ0n) is 12.8. The first-order valence-electron chi connectivity index (χ1n) is 7.51. The summed E-state index contributed by atoms with van der Waals surface area (Å²) in [6.07, 6.45) is 4.47. The van der Waals surface area contributed by atoms with Crippen molar-refractivity contribution in [1.29, 1.82) is 0 Å². The molecule has 0 saturated heterocycles. The predicted octanol–water partition coefficient (Wildman–Crippen LogP) is 2.00. The van der Waals surface area contributed by atoms with Crippen molar-refractivity contribution in [3.05, 3.63) is 24.4 Å². The molecule has 1 aliphatic rings. The Balaban J connectivity index is 1.81. The van der Waals surface area contributed by atoms with Gasteiger partial charge in [-0.3, -0.25) is 4.79 Å². The van der Waals surface area contributed by atoms with E-state index in [1.165, 1.54) is 0 Å². The van der Waals surface area contributed by atoms with Crippen molar-refractivity contribution >= 4 is 11.8 Å². The molecule has 0 radical (unpaired) electrons. The molecule has 1 fully saturated rings. The first-order chi connectivity index (χ1) is 10.0. The van der Waals surface area contributed by atoms with Gasteiger partial charge in [0.15, 0.2) is 0 Å². The molecule has 0 spiro atoms. The Morgan fingerprint density at radius 3 is 3.00 bits per heavy atom. The SMILES string of the molecule is CN(CCOC(=O)C1(C)CCCC[C@@H]1O)c1ccccn1. The summed E-state index contributed by atoms with van der Waals surface area (Å²) in [6.45, 7) is 2.69. The molecule has 0 aromatic carbocycles. The van der Waals surface area contributed by atoms with Gasteiger partial charge in [-0.05, 0) is 31.9 Å². The average molecular weight is 292 g/mol. The van der Waals surface area contributed by atoms with Crippen LogP contribution in [0.4, 0.5) is 5.82 Å². The Morgan fingerprint density at radius 1 is 1.52 bits per heavy atom. The van der Waals surface area contributed by atoms with Gasteiger partial charge in [0.1, 0.15) is 12.4 Å². The number of aromatic nitrogens is 1. The number of pyridine rings is 1. The number of carbonyl (C=O) groups is 1. The van der Waals surface area contributed by atoms with E-state index in [2.05, 4.69) is 4.98 Å². The molecule has 1 saturated carbocycles. The third-order valence-corrected chi connectivity index (χ3v) is 4.33. The van der Waals surface area contributed by atoms with Gasteiger partial charge in [-0.1, -0.05) is 18.9 Å². The fourth-order valence-corrected chi connectivity index (χ4v) is 2.69. The highest BCUT2D eigenvalue weighted by Gasteiger charge is 2.43. The van der Waals surface area contributed by atoms with Crippen LogP contribution in [0.2, 0.25) is 0 Å². The van der Waals surface area contributed by atoms with Crippen molar-refractivity contribution < 1.29 is 14.6 Å². The molecule has 1 N–H and O–H groups in total. The number of ether oxygens (including phenoxy) is 1. The number of rotatable bonds is 5. The molecule has 116 valence electrons. The number of nitrogens with zero attached hydrogens (tertiary/aromatic N) is 2.